The smallest absolute Gasteiger partial charge is 0.261 e. The summed E-state index contributed by atoms with van der Waals surface area (Å²) in [6.45, 7) is 0.447. The first-order chi connectivity index (χ1) is 14.1. The van der Waals surface area contributed by atoms with Gasteiger partial charge in [0.05, 0.1) is 26.4 Å². The van der Waals surface area contributed by atoms with Crippen molar-refractivity contribution in [3.05, 3.63) is 67.6 Å². The van der Waals surface area contributed by atoms with Crippen LogP contribution in [-0.4, -0.2) is 29.5 Å². The fourth-order valence-electron chi connectivity index (χ4n) is 3.96. The second kappa shape index (κ2) is 7.18. The Kier molecular flexibility index (Phi) is 4.63. The van der Waals surface area contributed by atoms with Crippen LogP contribution in [0.2, 0.25) is 0 Å². The maximum absolute atomic E-state index is 13.1. The fourth-order valence-corrected chi connectivity index (χ4v) is 5.42. The summed E-state index contributed by atoms with van der Waals surface area (Å²) in [5.74, 6) is 0. The number of nitrogens with zero attached hydrogens (tertiary/aromatic N) is 1. The van der Waals surface area contributed by atoms with Crippen molar-refractivity contribution in [2.24, 2.45) is 0 Å². The summed E-state index contributed by atoms with van der Waals surface area (Å²) >= 11 is 5.20. The predicted molar refractivity (Wildman–Crippen MR) is 122 cm³/mol. The molecular formula is C22H16BrNO4S. The lowest BCUT2D eigenvalue weighted by Crippen LogP contribution is -2.34. The molecule has 5 rings (SSSR count). The van der Waals surface area contributed by atoms with Gasteiger partial charge in [-0.25, -0.2) is 0 Å². The highest BCUT2D eigenvalue weighted by Crippen LogP contribution is 2.40. The van der Waals surface area contributed by atoms with Gasteiger partial charge >= 0.3 is 0 Å². The molecule has 0 aliphatic carbocycles. The van der Waals surface area contributed by atoms with Crippen LogP contribution in [0.1, 0.15) is 0 Å². The number of halogens is 1. The molecule has 2 aromatic heterocycles. The van der Waals surface area contributed by atoms with E-state index < -0.39 is 0 Å². The molecule has 0 radical (unpaired) electrons. The minimum Gasteiger partial charge on any atom is -0.394 e. The molecule has 7 heteroatoms. The van der Waals surface area contributed by atoms with Gasteiger partial charge in [-0.15, -0.1) is 11.3 Å². The molecule has 2 heterocycles. The van der Waals surface area contributed by atoms with Crippen LogP contribution in [0.3, 0.4) is 0 Å². The molecule has 29 heavy (non-hydrogen) atoms. The van der Waals surface area contributed by atoms with Gasteiger partial charge in [-0.2, -0.15) is 0 Å². The highest BCUT2D eigenvalue weighted by atomic mass is 79.9. The standard InChI is InChI=1S/C22H16BrNO4S/c23-12-1-5-17-16(11-12)13-2-3-14-19-15(4-6-18(29-17)20(13)19)22(27)24(21(14)26)7-9-28-10-8-25/h1-6,11,25H,7-10H2. The molecular weight excluding hydrogens is 454 g/mol. The topological polar surface area (TPSA) is 68.5 Å². The van der Waals surface area contributed by atoms with Gasteiger partial charge in [-0.1, -0.05) is 22.0 Å². The number of hydrogen-bond donors (Lipinski definition) is 1. The quantitative estimate of drug-likeness (QED) is 0.239. The first-order valence-electron chi connectivity index (χ1n) is 9.22. The van der Waals surface area contributed by atoms with Crippen molar-refractivity contribution in [2.45, 2.75) is 6.54 Å². The highest BCUT2D eigenvalue weighted by molar-refractivity contribution is 9.10. The van der Waals surface area contributed by atoms with Crippen molar-refractivity contribution in [3.63, 3.8) is 0 Å². The van der Waals surface area contributed by atoms with E-state index in [2.05, 4.69) is 28.1 Å². The summed E-state index contributed by atoms with van der Waals surface area (Å²) in [6, 6.07) is 13.8. The predicted octanol–water partition coefficient (Wildman–Crippen LogP) is 4.09. The van der Waals surface area contributed by atoms with Gasteiger partial charge in [-0.3, -0.25) is 14.2 Å². The Labute approximate surface area is 177 Å². The number of hydrogen-bond acceptors (Lipinski definition) is 5. The van der Waals surface area contributed by atoms with Crippen LogP contribution in [0.4, 0.5) is 0 Å². The van der Waals surface area contributed by atoms with Crippen LogP contribution in [0.25, 0.3) is 41.7 Å². The first kappa shape index (κ1) is 18.7. The van der Waals surface area contributed by atoms with Crippen molar-refractivity contribution in [2.75, 3.05) is 19.8 Å². The number of rotatable bonds is 5. The zero-order valence-electron chi connectivity index (χ0n) is 15.3. The van der Waals surface area contributed by atoms with Gasteiger partial charge in [0.1, 0.15) is 0 Å². The second-order valence-corrected chi connectivity index (χ2v) is 8.86. The van der Waals surface area contributed by atoms with E-state index in [1.54, 1.807) is 11.3 Å². The molecule has 5 aromatic rings. The number of benzene rings is 3. The number of fused-ring (bicyclic) bond motifs is 2. The summed E-state index contributed by atoms with van der Waals surface area (Å²) < 4.78 is 9.68. The van der Waals surface area contributed by atoms with E-state index in [1.165, 1.54) is 4.57 Å². The zero-order valence-corrected chi connectivity index (χ0v) is 17.7. The maximum atomic E-state index is 13.1. The van der Waals surface area contributed by atoms with Crippen LogP contribution in [-0.2, 0) is 11.3 Å². The number of ether oxygens (including phenoxy) is 1. The monoisotopic (exact) mass is 469 g/mol. The molecule has 0 saturated heterocycles. The van der Waals surface area contributed by atoms with Crippen molar-refractivity contribution < 1.29 is 9.84 Å². The Hall–Kier alpha value is -2.32. The Morgan fingerprint density at radius 2 is 1.55 bits per heavy atom. The van der Waals surface area contributed by atoms with Gasteiger partial charge in [0.15, 0.2) is 0 Å². The van der Waals surface area contributed by atoms with Crippen molar-refractivity contribution >= 4 is 69.0 Å². The van der Waals surface area contributed by atoms with Crippen LogP contribution in [0, 0.1) is 0 Å². The summed E-state index contributed by atoms with van der Waals surface area (Å²) in [4.78, 5) is 26.2. The third-order valence-corrected chi connectivity index (χ3v) is 6.85. The maximum Gasteiger partial charge on any atom is 0.261 e. The molecule has 146 valence electrons. The molecule has 0 bridgehead atoms. The molecule has 0 fully saturated rings. The summed E-state index contributed by atoms with van der Waals surface area (Å²) in [7, 11) is 0. The molecule has 0 aliphatic heterocycles. The molecule has 0 amide bonds. The Balaban J connectivity index is 1.85. The summed E-state index contributed by atoms with van der Waals surface area (Å²) in [5.41, 5.74) is -0.604. The lowest BCUT2D eigenvalue weighted by atomic mass is 9.98. The highest BCUT2D eigenvalue weighted by Gasteiger charge is 2.18. The lowest BCUT2D eigenvalue weighted by molar-refractivity contribution is 0.0863. The normalized spacial score (nSPS) is 12.1. The molecule has 0 unspecified atom stereocenters. The largest absolute Gasteiger partial charge is 0.394 e. The van der Waals surface area contributed by atoms with Gasteiger partial charge in [0.2, 0.25) is 0 Å². The molecule has 0 atom stereocenters. The fraction of sp³-hybridized carbons (Fsp3) is 0.182. The van der Waals surface area contributed by atoms with E-state index in [-0.39, 0.29) is 37.5 Å². The number of aromatic nitrogens is 1. The average molecular weight is 470 g/mol. The van der Waals surface area contributed by atoms with E-state index in [0.717, 1.165) is 35.4 Å². The minimum absolute atomic E-state index is 0.0924. The van der Waals surface area contributed by atoms with Crippen LogP contribution in [0.5, 0.6) is 0 Å². The van der Waals surface area contributed by atoms with E-state index in [9.17, 15) is 9.59 Å². The van der Waals surface area contributed by atoms with Crippen molar-refractivity contribution in [3.8, 4) is 0 Å². The first-order valence-corrected chi connectivity index (χ1v) is 10.8. The molecule has 0 spiro atoms. The van der Waals surface area contributed by atoms with E-state index >= 15 is 0 Å². The van der Waals surface area contributed by atoms with Crippen molar-refractivity contribution in [1.82, 2.24) is 4.57 Å². The lowest BCUT2D eigenvalue weighted by Gasteiger charge is -2.14. The Morgan fingerprint density at radius 3 is 2.31 bits per heavy atom. The van der Waals surface area contributed by atoms with Gasteiger partial charge in [-0.05, 0) is 41.8 Å². The average Bonchev–Trinajstić information content (AvgIpc) is 2.73. The third kappa shape index (κ3) is 2.88. The van der Waals surface area contributed by atoms with Crippen molar-refractivity contribution in [1.29, 1.82) is 0 Å². The SMILES string of the molecule is O=c1c2ccc3sc4ccc(Br)cc4c4ccc(c(=O)n1CCOCCO)c2c34. The zero-order chi connectivity index (χ0) is 20.1. The third-order valence-electron chi connectivity index (χ3n) is 5.22. The number of pyridine rings is 1. The summed E-state index contributed by atoms with van der Waals surface area (Å²) in [6.07, 6.45) is 0. The molecule has 0 saturated carbocycles. The molecule has 5 nitrogen and oxygen atoms in total. The molecule has 3 aromatic carbocycles. The minimum atomic E-state index is -0.302. The number of aliphatic hydroxyl groups excluding tert-OH is 1. The van der Waals surface area contributed by atoms with E-state index in [4.69, 9.17) is 9.84 Å². The van der Waals surface area contributed by atoms with Gasteiger partial charge in [0.25, 0.3) is 11.1 Å². The van der Waals surface area contributed by atoms with E-state index in [0.29, 0.717) is 10.8 Å². The van der Waals surface area contributed by atoms with Gasteiger partial charge in [0, 0.05) is 40.8 Å². The molecule has 0 aliphatic rings. The van der Waals surface area contributed by atoms with Gasteiger partial charge < -0.3 is 9.84 Å². The van der Waals surface area contributed by atoms with Crippen LogP contribution < -0.4 is 11.1 Å². The van der Waals surface area contributed by atoms with Crippen LogP contribution in [0.15, 0.2) is 56.5 Å². The van der Waals surface area contributed by atoms with E-state index in [1.807, 2.05) is 30.3 Å². The Morgan fingerprint density at radius 1 is 0.862 bits per heavy atom. The summed E-state index contributed by atoms with van der Waals surface area (Å²) in [5, 5.41) is 13.8. The Bertz CT molecular complexity index is 1470. The van der Waals surface area contributed by atoms with Crippen LogP contribution >= 0.6 is 27.3 Å². The number of aliphatic hydroxyl groups is 1. The molecule has 1 N–H and O–H groups in total. The second-order valence-electron chi connectivity index (χ2n) is 6.86.